The van der Waals surface area contributed by atoms with E-state index in [0.717, 1.165) is 21.7 Å². The Morgan fingerprint density at radius 3 is 3.00 bits per heavy atom. The zero-order valence-electron chi connectivity index (χ0n) is 9.44. The molecule has 0 aliphatic carbocycles. The SMILES string of the molecule is NC(c1cccs1)c1cc2c(cc1Cl)NC(=O)C2. The van der Waals surface area contributed by atoms with Gasteiger partial charge in [0, 0.05) is 15.6 Å². The molecule has 1 aromatic heterocycles. The molecule has 0 spiro atoms. The second kappa shape index (κ2) is 4.39. The van der Waals surface area contributed by atoms with E-state index >= 15 is 0 Å². The molecule has 0 saturated carbocycles. The number of nitrogens with one attached hydrogen (secondary N) is 1. The van der Waals surface area contributed by atoms with E-state index in [1.807, 2.05) is 23.6 Å². The van der Waals surface area contributed by atoms with Crippen molar-refractivity contribution in [3.63, 3.8) is 0 Å². The van der Waals surface area contributed by atoms with Crippen molar-refractivity contribution in [1.82, 2.24) is 0 Å². The quantitative estimate of drug-likeness (QED) is 0.887. The first-order chi connectivity index (χ1) is 8.65. The molecule has 1 aliphatic rings. The van der Waals surface area contributed by atoms with Gasteiger partial charge in [-0.1, -0.05) is 17.7 Å². The second-order valence-electron chi connectivity index (χ2n) is 4.25. The molecule has 1 aromatic carbocycles. The Morgan fingerprint density at radius 2 is 2.28 bits per heavy atom. The predicted octanol–water partition coefficient (Wildman–Crippen LogP) is 2.94. The molecule has 3 rings (SSSR count). The lowest BCUT2D eigenvalue weighted by Gasteiger charge is -2.13. The molecule has 92 valence electrons. The van der Waals surface area contributed by atoms with Crippen molar-refractivity contribution in [3.05, 3.63) is 50.7 Å². The largest absolute Gasteiger partial charge is 0.325 e. The number of rotatable bonds is 2. The number of carbonyl (C=O) groups excluding carboxylic acids is 1. The molecule has 3 nitrogen and oxygen atoms in total. The van der Waals surface area contributed by atoms with Gasteiger partial charge in [0.25, 0.3) is 0 Å². The number of carbonyl (C=O) groups is 1. The van der Waals surface area contributed by atoms with Crippen LogP contribution in [0.5, 0.6) is 0 Å². The van der Waals surface area contributed by atoms with Crippen molar-refractivity contribution >= 4 is 34.5 Å². The van der Waals surface area contributed by atoms with Gasteiger partial charge in [-0.2, -0.15) is 0 Å². The van der Waals surface area contributed by atoms with Crippen LogP contribution in [0, 0.1) is 0 Å². The molecule has 3 N–H and O–H groups in total. The second-order valence-corrected chi connectivity index (χ2v) is 5.64. The highest BCUT2D eigenvalue weighted by atomic mass is 35.5. The van der Waals surface area contributed by atoms with Crippen LogP contribution in [0.3, 0.4) is 0 Å². The third-order valence-corrected chi connectivity index (χ3v) is 4.32. The Hall–Kier alpha value is -1.36. The van der Waals surface area contributed by atoms with Gasteiger partial charge in [0.05, 0.1) is 12.5 Å². The molecular formula is C13H11ClN2OS. The van der Waals surface area contributed by atoms with Crippen molar-refractivity contribution in [1.29, 1.82) is 0 Å². The highest BCUT2D eigenvalue weighted by Crippen LogP contribution is 2.35. The summed E-state index contributed by atoms with van der Waals surface area (Å²) in [7, 11) is 0. The number of benzene rings is 1. The van der Waals surface area contributed by atoms with Crippen molar-refractivity contribution < 1.29 is 4.79 Å². The van der Waals surface area contributed by atoms with Gasteiger partial charge in [0.15, 0.2) is 0 Å². The third kappa shape index (κ3) is 1.92. The molecule has 2 aromatic rings. The van der Waals surface area contributed by atoms with Gasteiger partial charge < -0.3 is 11.1 Å². The Kier molecular flexibility index (Phi) is 2.86. The number of halogens is 1. The summed E-state index contributed by atoms with van der Waals surface area (Å²) in [6, 6.07) is 7.43. The van der Waals surface area contributed by atoms with E-state index < -0.39 is 0 Å². The molecular weight excluding hydrogens is 268 g/mol. The van der Waals surface area contributed by atoms with Gasteiger partial charge in [0.2, 0.25) is 5.91 Å². The highest BCUT2D eigenvalue weighted by molar-refractivity contribution is 7.10. The normalized spacial score (nSPS) is 15.3. The van der Waals surface area contributed by atoms with E-state index in [-0.39, 0.29) is 11.9 Å². The number of amides is 1. The van der Waals surface area contributed by atoms with Gasteiger partial charge in [-0.3, -0.25) is 4.79 Å². The summed E-state index contributed by atoms with van der Waals surface area (Å²) < 4.78 is 0. The van der Waals surface area contributed by atoms with E-state index in [2.05, 4.69) is 5.32 Å². The zero-order chi connectivity index (χ0) is 12.7. The molecule has 5 heteroatoms. The molecule has 18 heavy (non-hydrogen) atoms. The van der Waals surface area contributed by atoms with Crippen LogP contribution in [0.25, 0.3) is 0 Å². The fourth-order valence-electron chi connectivity index (χ4n) is 2.13. The molecule has 1 atom stereocenters. The summed E-state index contributed by atoms with van der Waals surface area (Å²) in [4.78, 5) is 12.4. The number of thiophene rings is 1. The van der Waals surface area contributed by atoms with Crippen LogP contribution in [-0.2, 0) is 11.2 Å². The number of hydrogen-bond donors (Lipinski definition) is 2. The van der Waals surface area contributed by atoms with E-state index in [1.165, 1.54) is 0 Å². The van der Waals surface area contributed by atoms with E-state index in [4.69, 9.17) is 17.3 Å². The van der Waals surface area contributed by atoms with Crippen LogP contribution in [0.2, 0.25) is 5.02 Å². The topological polar surface area (TPSA) is 55.1 Å². The fourth-order valence-corrected chi connectivity index (χ4v) is 3.15. The van der Waals surface area contributed by atoms with Crippen molar-refractivity contribution in [3.8, 4) is 0 Å². The average Bonchev–Trinajstić information content (AvgIpc) is 2.94. The maximum atomic E-state index is 11.3. The van der Waals surface area contributed by atoms with E-state index in [0.29, 0.717) is 11.4 Å². The average molecular weight is 279 g/mol. The lowest BCUT2D eigenvalue weighted by molar-refractivity contribution is -0.115. The Bertz CT molecular complexity index is 610. The zero-order valence-corrected chi connectivity index (χ0v) is 11.0. The molecule has 1 unspecified atom stereocenters. The van der Waals surface area contributed by atoms with Gasteiger partial charge >= 0.3 is 0 Å². The van der Waals surface area contributed by atoms with Crippen LogP contribution >= 0.6 is 22.9 Å². The third-order valence-electron chi connectivity index (χ3n) is 3.03. The first kappa shape index (κ1) is 11.7. The Labute approximate surface area is 114 Å². The number of hydrogen-bond acceptors (Lipinski definition) is 3. The molecule has 2 heterocycles. The summed E-state index contributed by atoms with van der Waals surface area (Å²) in [6.07, 6.45) is 0.399. The van der Waals surface area contributed by atoms with Gasteiger partial charge in [-0.25, -0.2) is 0 Å². The predicted molar refractivity (Wildman–Crippen MR) is 74.1 cm³/mol. The van der Waals surface area contributed by atoms with Crippen LogP contribution in [-0.4, -0.2) is 5.91 Å². The maximum absolute atomic E-state index is 11.3. The first-order valence-corrected chi connectivity index (χ1v) is 6.82. The van der Waals surface area contributed by atoms with Gasteiger partial charge in [-0.05, 0) is 34.7 Å². The van der Waals surface area contributed by atoms with Crippen molar-refractivity contribution in [2.45, 2.75) is 12.5 Å². The maximum Gasteiger partial charge on any atom is 0.228 e. The minimum Gasteiger partial charge on any atom is -0.325 e. The lowest BCUT2D eigenvalue weighted by atomic mass is 10.0. The summed E-state index contributed by atoms with van der Waals surface area (Å²) in [6.45, 7) is 0. The molecule has 1 amide bonds. The molecule has 1 aliphatic heterocycles. The van der Waals surface area contributed by atoms with Crippen LogP contribution in [0.1, 0.15) is 22.0 Å². The van der Waals surface area contributed by atoms with E-state index in [1.54, 1.807) is 17.4 Å². The van der Waals surface area contributed by atoms with Gasteiger partial charge in [-0.15, -0.1) is 11.3 Å². The Balaban J connectivity index is 2.03. The van der Waals surface area contributed by atoms with E-state index in [9.17, 15) is 4.79 Å². The summed E-state index contributed by atoms with van der Waals surface area (Å²) in [5.41, 5.74) is 8.84. The number of anilines is 1. The van der Waals surface area contributed by atoms with Crippen LogP contribution in [0.4, 0.5) is 5.69 Å². The molecule has 0 fully saturated rings. The molecule has 0 bridgehead atoms. The monoisotopic (exact) mass is 278 g/mol. The Morgan fingerprint density at radius 1 is 1.44 bits per heavy atom. The lowest BCUT2D eigenvalue weighted by Crippen LogP contribution is -2.11. The number of fused-ring (bicyclic) bond motifs is 1. The van der Waals surface area contributed by atoms with Crippen molar-refractivity contribution in [2.75, 3.05) is 5.32 Å². The molecule has 0 saturated heterocycles. The minimum absolute atomic E-state index is 0.00270. The summed E-state index contributed by atoms with van der Waals surface area (Å²) >= 11 is 7.84. The van der Waals surface area contributed by atoms with Crippen LogP contribution in [0.15, 0.2) is 29.6 Å². The molecule has 0 radical (unpaired) electrons. The minimum atomic E-state index is -0.237. The summed E-state index contributed by atoms with van der Waals surface area (Å²) in [5, 5.41) is 5.36. The highest BCUT2D eigenvalue weighted by Gasteiger charge is 2.22. The standard InChI is InChI=1S/C13H11ClN2OS/c14-9-6-10-7(5-12(17)16-10)4-8(9)13(15)11-2-1-3-18-11/h1-4,6,13H,5,15H2,(H,16,17). The van der Waals surface area contributed by atoms with Gasteiger partial charge in [0.1, 0.15) is 0 Å². The summed E-state index contributed by atoms with van der Waals surface area (Å²) in [5.74, 6) is 0.00270. The first-order valence-electron chi connectivity index (χ1n) is 5.56. The smallest absolute Gasteiger partial charge is 0.228 e. The number of nitrogens with two attached hydrogens (primary N) is 1. The van der Waals surface area contributed by atoms with Crippen molar-refractivity contribution in [2.24, 2.45) is 5.73 Å². The fraction of sp³-hybridized carbons (Fsp3) is 0.154. The van der Waals surface area contributed by atoms with Crippen LogP contribution < -0.4 is 11.1 Å².